The molecule has 19 heavy (non-hydrogen) atoms. The normalized spacial score (nSPS) is 7.16. The number of carbonyl (C=O) groups is 3. The van der Waals surface area contributed by atoms with Crippen molar-refractivity contribution in [1.82, 2.24) is 0 Å². The molecule has 0 saturated heterocycles. The summed E-state index contributed by atoms with van der Waals surface area (Å²) in [5.74, 6) is -1.07. The van der Waals surface area contributed by atoms with Crippen LogP contribution in [0.4, 0.5) is 0 Å². The van der Waals surface area contributed by atoms with Crippen molar-refractivity contribution in [3.63, 3.8) is 0 Å². The Morgan fingerprint density at radius 1 is 1.00 bits per heavy atom. The summed E-state index contributed by atoms with van der Waals surface area (Å²) in [6.45, 7) is 12.6. The van der Waals surface area contributed by atoms with Gasteiger partial charge in [0.05, 0.1) is 20.5 Å². The van der Waals surface area contributed by atoms with E-state index in [4.69, 9.17) is 0 Å². The van der Waals surface area contributed by atoms with Crippen LogP contribution in [0.1, 0.15) is 13.8 Å². The molecule has 0 spiro atoms. The lowest BCUT2D eigenvalue weighted by molar-refractivity contribution is -0.136. The smallest absolute Gasteiger partial charge is 0.332 e. The average Bonchev–Trinajstić information content (AvgIpc) is 2.37. The summed E-state index contributed by atoms with van der Waals surface area (Å²) in [6.07, 6.45) is 2.21. The molecule has 0 aromatic heterocycles. The standard InChI is InChI=1S/C5H8O2.2C4H6O2/c1-4(2)5(6)7-3;1-3-4(5)6-2;1-3-6-4(2)5/h1H2,2-3H3;2*3H,1H2,2H3. The van der Waals surface area contributed by atoms with E-state index >= 15 is 0 Å². The Hall–Kier alpha value is -2.37. The molecule has 0 bridgehead atoms. The minimum absolute atomic E-state index is 0.329. The molecule has 0 aromatic rings. The maximum Gasteiger partial charge on any atom is 0.332 e. The Morgan fingerprint density at radius 2 is 1.47 bits per heavy atom. The first-order chi connectivity index (χ1) is 8.76. The Morgan fingerprint density at radius 3 is 1.47 bits per heavy atom. The third-order valence-electron chi connectivity index (χ3n) is 1.15. The Labute approximate surface area is 113 Å². The minimum Gasteiger partial charge on any atom is -0.466 e. The highest BCUT2D eigenvalue weighted by Gasteiger charge is 1.95. The second-order valence-corrected chi connectivity index (χ2v) is 2.78. The highest BCUT2D eigenvalue weighted by molar-refractivity contribution is 5.86. The van der Waals surface area contributed by atoms with Gasteiger partial charge in [0, 0.05) is 18.6 Å². The van der Waals surface area contributed by atoms with E-state index in [2.05, 4.69) is 33.9 Å². The lowest BCUT2D eigenvalue weighted by Crippen LogP contribution is -1.98. The molecule has 0 N–H and O–H groups in total. The highest BCUT2D eigenvalue weighted by atomic mass is 16.5. The molecule has 0 amide bonds. The first kappa shape index (κ1) is 21.9. The third kappa shape index (κ3) is 25.7. The van der Waals surface area contributed by atoms with Gasteiger partial charge in [0.2, 0.25) is 0 Å². The van der Waals surface area contributed by atoms with E-state index in [0.29, 0.717) is 5.57 Å². The van der Waals surface area contributed by atoms with Crippen molar-refractivity contribution in [2.75, 3.05) is 14.2 Å². The number of hydrogen-bond acceptors (Lipinski definition) is 6. The molecule has 0 aliphatic heterocycles. The van der Waals surface area contributed by atoms with Gasteiger partial charge in [-0.2, -0.15) is 0 Å². The van der Waals surface area contributed by atoms with Gasteiger partial charge >= 0.3 is 17.9 Å². The van der Waals surface area contributed by atoms with Gasteiger partial charge in [-0.3, -0.25) is 4.79 Å². The summed E-state index contributed by atoms with van der Waals surface area (Å²) in [5.41, 5.74) is 0.433. The van der Waals surface area contributed by atoms with Gasteiger partial charge in [-0.05, 0) is 6.92 Å². The summed E-state index contributed by atoms with van der Waals surface area (Å²) >= 11 is 0. The van der Waals surface area contributed by atoms with Crippen molar-refractivity contribution in [2.24, 2.45) is 0 Å². The van der Waals surface area contributed by atoms with E-state index in [9.17, 15) is 14.4 Å². The quantitative estimate of drug-likeness (QED) is 0.337. The Bertz CT molecular complexity index is 330. The zero-order chi connectivity index (χ0) is 15.8. The van der Waals surface area contributed by atoms with Crippen molar-refractivity contribution >= 4 is 17.9 Å². The number of methoxy groups -OCH3 is 2. The molecular weight excluding hydrogens is 252 g/mol. The second-order valence-electron chi connectivity index (χ2n) is 2.78. The topological polar surface area (TPSA) is 78.9 Å². The van der Waals surface area contributed by atoms with Crippen LogP contribution in [0.15, 0.2) is 37.6 Å². The third-order valence-corrected chi connectivity index (χ3v) is 1.15. The van der Waals surface area contributed by atoms with Crippen LogP contribution in [0, 0.1) is 0 Å². The number of hydrogen-bond donors (Lipinski definition) is 0. The van der Waals surface area contributed by atoms with Gasteiger partial charge < -0.3 is 14.2 Å². The molecule has 0 heterocycles. The zero-order valence-electron chi connectivity index (χ0n) is 11.7. The summed E-state index contributed by atoms with van der Waals surface area (Å²) in [5, 5.41) is 0. The first-order valence-corrected chi connectivity index (χ1v) is 4.99. The van der Waals surface area contributed by atoms with Crippen LogP contribution >= 0.6 is 0 Å². The summed E-state index contributed by atoms with van der Waals surface area (Å²) in [6, 6.07) is 0. The monoisotopic (exact) mass is 272 g/mol. The van der Waals surface area contributed by atoms with Crippen molar-refractivity contribution in [2.45, 2.75) is 13.8 Å². The van der Waals surface area contributed by atoms with E-state index in [1.807, 2.05) is 0 Å². The van der Waals surface area contributed by atoms with Crippen LogP contribution in [0.5, 0.6) is 0 Å². The summed E-state index contributed by atoms with van der Waals surface area (Å²) in [7, 11) is 2.64. The Balaban J connectivity index is -0.000000203. The van der Waals surface area contributed by atoms with Crippen LogP contribution in [0.2, 0.25) is 0 Å². The van der Waals surface area contributed by atoms with Gasteiger partial charge in [-0.1, -0.05) is 19.7 Å². The van der Waals surface area contributed by atoms with Gasteiger partial charge in [-0.25, -0.2) is 9.59 Å². The molecule has 0 saturated carbocycles. The fraction of sp³-hybridized carbons (Fsp3) is 0.308. The Kier molecular flexibility index (Phi) is 18.0. The van der Waals surface area contributed by atoms with Crippen LogP contribution in [0.25, 0.3) is 0 Å². The van der Waals surface area contributed by atoms with E-state index in [1.165, 1.54) is 21.1 Å². The number of esters is 3. The predicted molar refractivity (Wildman–Crippen MR) is 71.0 cm³/mol. The highest BCUT2D eigenvalue weighted by Crippen LogP contribution is 1.87. The summed E-state index contributed by atoms with van der Waals surface area (Å²) < 4.78 is 12.6. The van der Waals surface area contributed by atoms with Gasteiger partial charge in [0.15, 0.2) is 0 Å². The maximum absolute atomic E-state index is 10.2. The van der Waals surface area contributed by atoms with Crippen LogP contribution in [0.3, 0.4) is 0 Å². The largest absolute Gasteiger partial charge is 0.466 e. The fourth-order valence-corrected chi connectivity index (χ4v) is 0.375. The molecule has 0 rings (SSSR count). The molecule has 0 aliphatic carbocycles. The van der Waals surface area contributed by atoms with E-state index in [1.54, 1.807) is 6.92 Å². The van der Waals surface area contributed by atoms with E-state index in [-0.39, 0.29) is 11.9 Å². The van der Waals surface area contributed by atoms with Crippen molar-refractivity contribution < 1.29 is 28.6 Å². The molecule has 0 aromatic carbocycles. The van der Waals surface area contributed by atoms with Gasteiger partial charge in [-0.15, -0.1) is 0 Å². The minimum atomic E-state index is -0.394. The fourth-order valence-electron chi connectivity index (χ4n) is 0.375. The molecule has 0 radical (unpaired) electrons. The summed E-state index contributed by atoms with van der Waals surface area (Å²) in [4.78, 5) is 29.8. The lowest BCUT2D eigenvalue weighted by Gasteiger charge is -1.91. The van der Waals surface area contributed by atoms with Crippen LogP contribution < -0.4 is 0 Å². The number of ether oxygens (including phenoxy) is 3. The molecule has 0 aliphatic rings. The van der Waals surface area contributed by atoms with E-state index < -0.39 is 5.97 Å². The SMILES string of the molecule is C=C(C)C(=O)OC.C=CC(=O)OC.C=COC(C)=O. The molecule has 0 unspecified atom stereocenters. The van der Waals surface area contributed by atoms with Crippen molar-refractivity contribution in [1.29, 1.82) is 0 Å². The first-order valence-electron chi connectivity index (χ1n) is 4.99. The molecule has 6 nitrogen and oxygen atoms in total. The van der Waals surface area contributed by atoms with Gasteiger partial charge in [0.1, 0.15) is 0 Å². The van der Waals surface area contributed by atoms with Gasteiger partial charge in [0.25, 0.3) is 0 Å². The molecule has 0 fully saturated rings. The molecule has 0 atom stereocenters. The average molecular weight is 272 g/mol. The predicted octanol–water partition coefficient (Wildman–Crippen LogP) is 1.77. The molecular formula is C13H20O6. The van der Waals surface area contributed by atoms with Crippen LogP contribution in [-0.2, 0) is 28.6 Å². The molecule has 6 heteroatoms. The maximum atomic E-state index is 10.2. The number of rotatable bonds is 3. The van der Waals surface area contributed by atoms with Crippen LogP contribution in [-0.4, -0.2) is 32.1 Å². The number of carbonyl (C=O) groups excluding carboxylic acids is 3. The molecule has 108 valence electrons. The lowest BCUT2D eigenvalue weighted by atomic mass is 10.4. The van der Waals surface area contributed by atoms with Crippen molar-refractivity contribution in [3.8, 4) is 0 Å². The van der Waals surface area contributed by atoms with Crippen molar-refractivity contribution in [3.05, 3.63) is 37.6 Å². The second kappa shape index (κ2) is 15.6. The zero-order valence-corrected chi connectivity index (χ0v) is 11.7. The van der Waals surface area contributed by atoms with E-state index in [0.717, 1.165) is 12.3 Å².